The van der Waals surface area contributed by atoms with Gasteiger partial charge in [0.05, 0.1) is 12.7 Å². The van der Waals surface area contributed by atoms with Crippen LogP contribution in [0.2, 0.25) is 0 Å². The summed E-state index contributed by atoms with van der Waals surface area (Å²) in [5, 5.41) is 12.7. The molecule has 1 unspecified atom stereocenters. The van der Waals surface area contributed by atoms with Gasteiger partial charge in [0.2, 0.25) is 0 Å². The third-order valence-electron chi connectivity index (χ3n) is 2.55. The Morgan fingerprint density at radius 2 is 2.37 bits per heavy atom. The van der Waals surface area contributed by atoms with E-state index in [1.165, 1.54) is 12.0 Å². The maximum atomic E-state index is 12.1. The fourth-order valence-electron chi connectivity index (χ4n) is 1.70. The lowest BCUT2D eigenvalue weighted by molar-refractivity contribution is 0.0378. The van der Waals surface area contributed by atoms with Crippen molar-refractivity contribution in [1.82, 2.24) is 9.88 Å². The number of aliphatic hydroxyl groups is 1. The number of aromatic nitrogens is 1. The lowest BCUT2D eigenvalue weighted by atomic mass is 10.2. The quantitative estimate of drug-likeness (QED) is 0.756. The third-order valence-corrected chi connectivity index (χ3v) is 2.55. The molecular weight excluding hydrogens is 246 g/mol. The van der Waals surface area contributed by atoms with Crippen molar-refractivity contribution in [2.24, 2.45) is 0 Å². The second kappa shape index (κ2) is 7.70. The van der Waals surface area contributed by atoms with Gasteiger partial charge in [0, 0.05) is 39.1 Å². The Balaban J connectivity index is 2.68. The fourth-order valence-corrected chi connectivity index (χ4v) is 1.70. The minimum absolute atomic E-state index is 0.197. The fraction of sp³-hybridized carbons (Fsp3) is 0.538. The molecule has 1 aromatic heterocycles. The molecule has 1 heterocycles. The molecule has 1 atom stereocenters. The van der Waals surface area contributed by atoms with Crippen LogP contribution in [0.1, 0.15) is 17.4 Å². The van der Waals surface area contributed by atoms with Crippen molar-refractivity contribution in [3.05, 3.63) is 24.0 Å². The number of hydrogen-bond donors (Lipinski definition) is 2. The Bertz CT molecular complexity index is 412. The molecule has 0 aromatic carbocycles. The predicted octanol–water partition coefficient (Wildman–Crippen LogP) is 0.593. The monoisotopic (exact) mass is 267 g/mol. The molecule has 0 radical (unpaired) electrons. The van der Waals surface area contributed by atoms with Crippen LogP contribution in [0.15, 0.2) is 18.3 Å². The van der Waals surface area contributed by atoms with Crippen LogP contribution in [0.5, 0.6) is 0 Å². The summed E-state index contributed by atoms with van der Waals surface area (Å²) in [6.45, 7) is 3.16. The summed E-state index contributed by atoms with van der Waals surface area (Å²) in [5.74, 6) is -0.227. The summed E-state index contributed by atoms with van der Waals surface area (Å²) in [5.41, 5.74) is 1.21. The number of carbonyl (C=O) groups is 1. The zero-order chi connectivity index (χ0) is 14.3. The standard InChI is InChI=1S/C13H21N3O3/c1-4-14-10-5-6-15-12(7-10)13(18)16(2)8-11(17)9-19-3/h5-7,11,17H,4,8-9H2,1-3H3,(H,14,15). The summed E-state index contributed by atoms with van der Waals surface area (Å²) >= 11 is 0. The molecule has 0 saturated carbocycles. The van der Waals surface area contributed by atoms with E-state index >= 15 is 0 Å². The Morgan fingerprint density at radius 3 is 3.00 bits per heavy atom. The summed E-state index contributed by atoms with van der Waals surface area (Å²) < 4.78 is 4.83. The molecule has 0 saturated heterocycles. The van der Waals surface area contributed by atoms with Crippen LogP contribution in [0.4, 0.5) is 5.69 Å². The first-order valence-corrected chi connectivity index (χ1v) is 6.20. The van der Waals surface area contributed by atoms with Gasteiger partial charge in [-0.05, 0) is 19.1 Å². The number of methoxy groups -OCH3 is 1. The van der Waals surface area contributed by atoms with Gasteiger partial charge in [-0.1, -0.05) is 0 Å². The zero-order valence-corrected chi connectivity index (χ0v) is 11.6. The zero-order valence-electron chi connectivity index (χ0n) is 11.6. The largest absolute Gasteiger partial charge is 0.389 e. The number of ether oxygens (including phenoxy) is 1. The van der Waals surface area contributed by atoms with Crippen LogP contribution >= 0.6 is 0 Å². The molecule has 2 N–H and O–H groups in total. The number of carbonyl (C=O) groups excluding carboxylic acids is 1. The van der Waals surface area contributed by atoms with Gasteiger partial charge in [0.1, 0.15) is 5.69 Å². The molecular formula is C13H21N3O3. The number of aliphatic hydroxyl groups excluding tert-OH is 1. The molecule has 1 aromatic rings. The Kier molecular flexibility index (Phi) is 6.24. The molecule has 106 valence electrons. The van der Waals surface area contributed by atoms with Crippen molar-refractivity contribution < 1.29 is 14.6 Å². The van der Waals surface area contributed by atoms with E-state index in [-0.39, 0.29) is 19.1 Å². The summed E-state index contributed by atoms with van der Waals surface area (Å²) in [6.07, 6.45) is 0.890. The van der Waals surface area contributed by atoms with E-state index in [4.69, 9.17) is 4.74 Å². The summed E-state index contributed by atoms with van der Waals surface area (Å²) in [7, 11) is 3.13. The highest BCUT2D eigenvalue weighted by Crippen LogP contribution is 2.09. The lowest BCUT2D eigenvalue weighted by Crippen LogP contribution is -2.36. The van der Waals surface area contributed by atoms with E-state index < -0.39 is 6.10 Å². The number of nitrogens with zero attached hydrogens (tertiary/aromatic N) is 2. The third kappa shape index (κ3) is 4.84. The Hall–Kier alpha value is -1.66. The van der Waals surface area contributed by atoms with Gasteiger partial charge in [-0.3, -0.25) is 9.78 Å². The van der Waals surface area contributed by atoms with Crippen molar-refractivity contribution in [2.75, 3.05) is 39.2 Å². The maximum absolute atomic E-state index is 12.1. The van der Waals surface area contributed by atoms with Crippen molar-refractivity contribution >= 4 is 11.6 Å². The van der Waals surface area contributed by atoms with Crippen molar-refractivity contribution in [3.63, 3.8) is 0 Å². The van der Waals surface area contributed by atoms with Crippen LogP contribution < -0.4 is 5.32 Å². The molecule has 6 heteroatoms. The van der Waals surface area contributed by atoms with Crippen LogP contribution in [-0.4, -0.2) is 60.9 Å². The number of anilines is 1. The van der Waals surface area contributed by atoms with Crippen LogP contribution in [0.25, 0.3) is 0 Å². The van der Waals surface area contributed by atoms with E-state index in [9.17, 15) is 9.90 Å². The van der Waals surface area contributed by atoms with E-state index in [1.54, 1.807) is 25.4 Å². The van der Waals surface area contributed by atoms with Crippen molar-refractivity contribution in [2.45, 2.75) is 13.0 Å². The van der Waals surface area contributed by atoms with Crippen LogP contribution in [-0.2, 0) is 4.74 Å². The molecule has 0 bridgehead atoms. The van der Waals surface area contributed by atoms with E-state index in [0.717, 1.165) is 12.2 Å². The van der Waals surface area contributed by atoms with Gasteiger partial charge < -0.3 is 20.1 Å². The molecule has 1 rings (SSSR count). The highest BCUT2D eigenvalue weighted by atomic mass is 16.5. The van der Waals surface area contributed by atoms with Crippen molar-refractivity contribution in [1.29, 1.82) is 0 Å². The first kappa shape index (κ1) is 15.4. The molecule has 1 amide bonds. The minimum atomic E-state index is -0.698. The molecule has 0 aliphatic carbocycles. The molecule has 0 spiro atoms. The van der Waals surface area contributed by atoms with Gasteiger partial charge in [-0.15, -0.1) is 0 Å². The second-order valence-corrected chi connectivity index (χ2v) is 4.25. The van der Waals surface area contributed by atoms with Crippen LogP contribution in [0, 0.1) is 0 Å². The Labute approximate surface area is 113 Å². The summed E-state index contributed by atoms with van der Waals surface area (Å²) in [6, 6.07) is 3.51. The Morgan fingerprint density at radius 1 is 1.63 bits per heavy atom. The van der Waals surface area contributed by atoms with Gasteiger partial charge in [0.25, 0.3) is 5.91 Å². The highest BCUT2D eigenvalue weighted by molar-refractivity contribution is 5.93. The second-order valence-electron chi connectivity index (χ2n) is 4.25. The SMILES string of the molecule is CCNc1ccnc(C(=O)N(C)CC(O)COC)c1. The smallest absolute Gasteiger partial charge is 0.272 e. The lowest BCUT2D eigenvalue weighted by Gasteiger charge is -2.20. The van der Waals surface area contributed by atoms with Crippen LogP contribution in [0.3, 0.4) is 0 Å². The van der Waals surface area contributed by atoms with Crippen molar-refractivity contribution in [3.8, 4) is 0 Å². The number of nitrogens with one attached hydrogen (secondary N) is 1. The number of likely N-dealkylation sites (N-methyl/N-ethyl adjacent to an activating group) is 1. The average Bonchev–Trinajstić information content (AvgIpc) is 2.38. The topological polar surface area (TPSA) is 74.7 Å². The first-order valence-electron chi connectivity index (χ1n) is 6.20. The van der Waals surface area contributed by atoms with E-state index in [0.29, 0.717) is 5.69 Å². The molecule has 0 fully saturated rings. The number of pyridine rings is 1. The molecule has 19 heavy (non-hydrogen) atoms. The highest BCUT2D eigenvalue weighted by Gasteiger charge is 2.16. The molecule has 6 nitrogen and oxygen atoms in total. The number of amides is 1. The first-order chi connectivity index (χ1) is 9.08. The van der Waals surface area contributed by atoms with Gasteiger partial charge in [-0.2, -0.15) is 0 Å². The predicted molar refractivity (Wildman–Crippen MR) is 73.2 cm³/mol. The minimum Gasteiger partial charge on any atom is -0.389 e. The van der Waals surface area contributed by atoms with E-state index in [2.05, 4.69) is 10.3 Å². The van der Waals surface area contributed by atoms with Gasteiger partial charge in [0.15, 0.2) is 0 Å². The van der Waals surface area contributed by atoms with Gasteiger partial charge in [-0.25, -0.2) is 0 Å². The average molecular weight is 267 g/mol. The normalized spacial score (nSPS) is 12.0. The van der Waals surface area contributed by atoms with Gasteiger partial charge >= 0.3 is 0 Å². The molecule has 0 aliphatic heterocycles. The number of hydrogen-bond acceptors (Lipinski definition) is 5. The number of rotatable bonds is 7. The summed E-state index contributed by atoms with van der Waals surface area (Å²) in [4.78, 5) is 17.6. The molecule has 0 aliphatic rings. The maximum Gasteiger partial charge on any atom is 0.272 e. The van der Waals surface area contributed by atoms with E-state index in [1.807, 2.05) is 6.92 Å².